The third-order valence-corrected chi connectivity index (χ3v) is 7.37. The van der Waals surface area contributed by atoms with Crippen molar-refractivity contribution in [3.05, 3.63) is 0 Å². The van der Waals surface area contributed by atoms with Crippen LogP contribution in [0.5, 0.6) is 0 Å². The minimum Gasteiger partial charge on any atom is -0.382 e. The van der Waals surface area contributed by atoms with Crippen molar-refractivity contribution in [3.8, 4) is 0 Å². The van der Waals surface area contributed by atoms with Crippen molar-refractivity contribution < 1.29 is 33.2 Å². The van der Waals surface area contributed by atoms with Crippen LogP contribution in [0.25, 0.3) is 0 Å². The predicted molar refractivity (Wildman–Crippen MR) is 126 cm³/mol. The molecule has 4 rings (SSSR count). The Kier molecular flexibility index (Phi) is 11.3. The first-order chi connectivity index (χ1) is 16.1. The van der Waals surface area contributed by atoms with Crippen LogP contribution < -0.4 is 0 Å². The van der Waals surface area contributed by atoms with Gasteiger partial charge >= 0.3 is 0 Å². The van der Waals surface area contributed by atoms with Gasteiger partial charge in [-0.15, -0.1) is 0 Å². The van der Waals surface area contributed by atoms with Gasteiger partial charge in [0, 0.05) is 47.0 Å². The van der Waals surface area contributed by atoms with E-state index in [9.17, 15) is 0 Å². The van der Waals surface area contributed by atoms with E-state index in [1.165, 1.54) is 19.3 Å². The Balaban J connectivity index is 0.000000186. The maximum absolute atomic E-state index is 6.16. The molecule has 0 aromatic rings. The molecular formula is C26H48O7. The molecule has 5 unspecified atom stereocenters. The van der Waals surface area contributed by atoms with Gasteiger partial charge in [0.15, 0.2) is 11.6 Å². The van der Waals surface area contributed by atoms with Gasteiger partial charge in [-0.25, -0.2) is 0 Å². The molecule has 4 saturated heterocycles. The second-order valence-corrected chi connectivity index (χ2v) is 10.1. The van der Waals surface area contributed by atoms with Gasteiger partial charge in [-0.05, 0) is 57.8 Å². The van der Waals surface area contributed by atoms with Crippen molar-refractivity contribution in [1.82, 2.24) is 0 Å². The maximum atomic E-state index is 6.16. The maximum Gasteiger partial charge on any atom is 0.169 e. The molecule has 0 bridgehead atoms. The molecule has 4 heterocycles. The minimum absolute atomic E-state index is 0.190. The minimum atomic E-state index is -0.358. The summed E-state index contributed by atoms with van der Waals surface area (Å²) in [6.45, 7) is 4.22. The molecule has 0 N–H and O–H groups in total. The Labute approximate surface area is 201 Å². The highest BCUT2D eigenvalue weighted by atomic mass is 16.7. The zero-order valence-electron chi connectivity index (χ0n) is 21.5. The number of hydrogen-bond acceptors (Lipinski definition) is 7. The van der Waals surface area contributed by atoms with Crippen LogP contribution in [0.2, 0.25) is 0 Å². The molecule has 0 saturated carbocycles. The SMILES string of the molecule is CCC1CCCC2(CCCC(COC)O2)O1.COCC1CCCC2(CCCC(COC)O2)O1. The van der Waals surface area contributed by atoms with Crippen LogP contribution in [-0.4, -0.2) is 77.1 Å². The summed E-state index contributed by atoms with van der Waals surface area (Å²) >= 11 is 0. The molecule has 7 heteroatoms. The monoisotopic (exact) mass is 472 g/mol. The van der Waals surface area contributed by atoms with Gasteiger partial charge in [-0.2, -0.15) is 0 Å². The summed E-state index contributed by atoms with van der Waals surface area (Å²) in [7, 11) is 5.18. The average molecular weight is 473 g/mol. The summed E-state index contributed by atoms with van der Waals surface area (Å²) in [6.07, 6.45) is 15.4. The lowest BCUT2D eigenvalue weighted by atomic mass is 9.92. The topological polar surface area (TPSA) is 64.6 Å². The summed E-state index contributed by atoms with van der Waals surface area (Å²) in [5.41, 5.74) is 0. The van der Waals surface area contributed by atoms with E-state index in [0.29, 0.717) is 25.9 Å². The van der Waals surface area contributed by atoms with Gasteiger partial charge in [0.2, 0.25) is 0 Å². The molecule has 33 heavy (non-hydrogen) atoms. The largest absolute Gasteiger partial charge is 0.382 e. The fourth-order valence-corrected chi connectivity index (χ4v) is 5.82. The number of rotatable bonds is 7. The molecule has 0 aromatic heterocycles. The highest BCUT2D eigenvalue weighted by molar-refractivity contribution is 4.85. The summed E-state index contributed by atoms with van der Waals surface area (Å²) in [5.74, 6) is -0.636. The average Bonchev–Trinajstić information content (AvgIpc) is 2.80. The summed E-state index contributed by atoms with van der Waals surface area (Å²) in [4.78, 5) is 0. The molecule has 5 atom stereocenters. The Bertz CT molecular complexity index is 511. The van der Waals surface area contributed by atoms with Gasteiger partial charge in [-0.3, -0.25) is 0 Å². The summed E-state index contributed by atoms with van der Waals surface area (Å²) in [5, 5.41) is 0. The molecule has 194 valence electrons. The first kappa shape index (κ1) is 27.3. The van der Waals surface area contributed by atoms with Crippen LogP contribution in [0.4, 0.5) is 0 Å². The van der Waals surface area contributed by atoms with Crippen molar-refractivity contribution in [3.63, 3.8) is 0 Å². The molecule has 7 nitrogen and oxygen atoms in total. The number of methoxy groups -OCH3 is 3. The first-order valence-electron chi connectivity index (χ1n) is 13.2. The van der Waals surface area contributed by atoms with E-state index >= 15 is 0 Å². The van der Waals surface area contributed by atoms with Crippen LogP contribution in [0.3, 0.4) is 0 Å². The lowest BCUT2D eigenvalue weighted by Gasteiger charge is -2.45. The molecule has 0 aromatic carbocycles. The smallest absolute Gasteiger partial charge is 0.169 e. The fraction of sp³-hybridized carbons (Fsp3) is 1.00. The molecule has 0 amide bonds. The van der Waals surface area contributed by atoms with E-state index in [1.807, 2.05) is 0 Å². The van der Waals surface area contributed by atoms with Crippen molar-refractivity contribution in [2.24, 2.45) is 0 Å². The van der Waals surface area contributed by atoms with Crippen molar-refractivity contribution in [2.75, 3.05) is 41.2 Å². The third kappa shape index (κ3) is 8.13. The fourth-order valence-electron chi connectivity index (χ4n) is 5.82. The van der Waals surface area contributed by atoms with Gasteiger partial charge in [0.1, 0.15) is 0 Å². The van der Waals surface area contributed by atoms with E-state index in [1.54, 1.807) is 21.3 Å². The van der Waals surface area contributed by atoms with Crippen molar-refractivity contribution in [2.45, 2.75) is 126 Å². The van der Waals surface area contributed by atoms with Crippen molar-refractivity contribution >= 4 is 0 Å². The van der Waals surface area contributed by atoms with Crippen molar-refractivity contribution in [1.29, 1.82) is 0 Å². The summed E-state index contributed by atoms with van der Waals surface area (Å²) < 4.78 is 40.1. The second kappa shape index (κ2) is 13.7. The molecular weight excluding hydrogens is 424 g/mol. The normalized spacial score (nSPS) is 39.3. The first-order valence-corrected chi connectivity index (χ1v) is 13.2. The van der Waals surface area contributed by atoms with E-state index in [4.69, 9.17) is 33.2 Å². The Morgan fingerprint density at radius 1 is 0.545 bits per heavy atom. The lowest BCUT2D eigenvalue weighted by molar-refractivity contribution is -0.321. The Hall–Kier alpha value is -0.280. The van der Waals surface area contributed by atoms with E-state index in [-0.39, 0.29) is 29.9 Å². The molecule has 2 spiro atoms. The van der Waals surface area contributed by atoms with E-state index in [0.717, 1.165) is 64.2 Å². The van der Waals surface area contributed by atoms with Gasteiger partial charge in [-0.1, -0.05) is 6.92 Å². The molecule has 0 aliphatic carbocycles. The molecule has 4 fully saturated rings. The second-order valence-electron chi connectivity index (χ2n) is 10.1. The zero-order chi connectivity index (χ0) is 23.6. The molecule has 0 radical (unpaired) electrons. The highest BCUT2D eigenvalue weighted by Crippen LogP contribution is 2.40. The van der Waals surface area contributed by atoms with Crippen LogP contribution in [-0.2, 0) is 33.2 Å². The van der Waals surface area contributed by atoms with Gasteiger partial charge < -0.3 is 33.2 Å². The van der Waals surface area contributed by atoms with E-state index < -0.39 is 0 Å². The highest BCUT2D eigenvalue weighted by Gasteiger charge is 2.43. The quantitative estimate of drug-likeness (QED) is 0.517. The standard InChI is InChI=1S/C13H24O4.C13H24O3/c1-14-9-11-5-3-7-13(16-11)8-4-6-12(17-13)10-15-2;1-3-11-6-4-8-13(15-11)9-5-7-12(16-13)10-14-2/h11-12H,3-10H2,1-2H3;11-12H,3-10H2,1-2H3. The molecule has 4 aliphatic heterocycles. The lowest BCUT2D eigenvalue weighted by Crippen LogP contribution is -2.49. The van der Waals surface area contributed by atoms with Crippen LogP contribution in [0, 0.1) is 0 Å². The third-order valence-electron chi connectivity index (χ3n) is 7.37. The van der Waals surface area contributed by atoms with Crippen LogP contribution >= 0.6 is 0 Å². The Morgan fingerprint density at radius 3 is 1.15 bits per heavy atom. The van der Waals surface area contributed by atoms with Gasteiger partial charge in [0.05, 0.1) is 44.2 Å². The number of hydrogen-bond donors (Lipinski definition) is 0. The van der Waals surface area contributed by atoms with Crippen LogP contribution in [0.1, 0.15) is 90.4 Å². The van der Waals surface area contributed by atoms with Crippen LogP contribution in [0.15, 0.2) is 0 Å². The van der Waals surface area contributed by atoms with Gasteiger partial charge in [0.25, 0.3) is 0 Å². The number of ether oxygens (including phenoxy) is 7. The van der Waals surface area contributed by atoms with E-state index in [2.05, 4.69) is 6.92 Å². The summed E-state index contributed by atoms with van der Waals surface area (Å²) in [6, 6.07) is 0. The molecule has 4 aliphatic rings. The predicted octanol–water partition coefficient (Wildman–Crippen LogP) is 4.99. The zero-order valence-corrected chi connectivity index (χ0v) is 21.5. The Morgan fingerprint density at radius 2 is 0.848 bits per heavy atom.